The lowest BCUT2D eigenvalue weighted by molar-refractivity contribution is -0.141. The van der Waals surface area contributed by atoms with E-state index in [1.54, 1.807) is 18.2 Å². The van der Waals surface area contributed by atoms with E-state index < -0.39 is 11.9 Å². The largest absolute Gasteiger partial charge is 0.433 e. The fraction of sp³-hybridized carbons (Fsp3) is 0.389. The normalized spacial score (nSPS) is 11.6. The highest BCUT2D eigenvalue weighted by molar-refractivity contribution is 14.0. The summed E-state index contributed by atoms with van der Waals surface area (Å²) in [7, 11) is 0. The number of halogens is 5. The van der Waals surface area contributed by atoms with Gasteiger partial charge in [0.2, 0.25) is 5.95 Å². The molecule has 11 heteroatoms. The van der Waals surface area contributed by atoms with Crippen molar-refractivity contribution in [2.75, 3.05) is 31.5 Å². The summed E-state index contributed by atoms with van der Waals surface area (Å²) in [5.74, 6) is 0.171. The minimum atomic E-state index is -4.51. The molecule has 0 bridgehead atoms. The number of rotatable bonds is 8. The van der Waals surface area contributed by atoms with E-state index in [1.807, 2.05) is 6.92 Å². The Bertz CT molecular complexity index is 785. The molecule has 29 heavy (non-hydrogen) atoms. The van der Waals surface area contributed by atoms with Gasteiger partial charge in [-0.1, -0.05) is 18.2 Å². The zero-order valence-electron chi connectivity index (χ0n) is 15.8. The fourth-order valence-electron chi connectivity index (χ4n) is 2.29. The molecule has 0 aliphatic carbocycles. The SMILES string of the molecule is CCNC(=NCCc1ccccc1F)NCCNc1nccc(C(F)(F)F)n1.I. The fourth-order valence-corrected chi connectivity index (χ4v) is 2.29. The van der Waals surface area contributed by atoms with Crippen LogP contribution in [-0.4, -0.2) is 42.1 Å². The quantitative estimate of drug-likeness (QED) is 0.162. The minimum Gasteiger partial charge on any atom is -0.357 e. The van der Waals surface area contributed by atoms with Crippen LogP contribution >= 0.6 is 24.0 Å². The van der Waals surface area contributed by atoms with E-state index in [-0.39, 0.29) is 35.7 Å². The first-order valence-electron chi connectivity index (χ1n) is 8.80. The van der Waals surface area contributed by atoms with E-state index in [4.69, 9.17) is 0 Å². The number of guanidine groups is 1. The number of hydrogen-bond donors (Lipinski definition) is 3. The van der Waals surface area contributed by atoms with Crippen LogP contribution in [0.1, 0.15) is 18.2 Å². The second-order valence-corrected chi connectivity index (χ2v) is 5.72. The first-order chi connectivity index (χ1) is 13.4. The van der Waals surface area contributed by atoms with E-state index in [9.17, 15) is 17.6 Å². The van der Waals surface area contributed by atoms with E-state index in [2.05, 4.69) is 30.9 Å². The maximum atomic E-state index is 13.6. The highest BCUT2D eigenvalue weighted by Gasteiger charge is 2.32. The van der Waals surface area contributed by atoms with Crippen LogP contribution in [0.25, 0.3) is 0 Å². The highest BCUT2D eigenvalue weighted by atomic mass is 127. The molecular weight excluding hydrogens is 503 g/mol. The van der Waals surface area contributed by atoms with Gasteiger partial charge in [-0.25, -0.2) is 14.4 Å². The number of alkyl halides is 3. The standard InChI is InChI=1S/C18H22F4N6.HI/c1-2-23-16(24-9-7-13-5-3-4-6-14(13)19)26-11-12-27-17-25-10-8-15(28-17)18(20,21)22;/h3-6,8,10H,2,7,9,11-12H2,1H3,(H2,23,24,26)(H,25,27,28);1H. The monoisotopic (exact) mass is 526 g/mol. The third-order valence-corrected chi connectivity index (χ3v) is 3.60. The van der Waals surface area contributed by atoms with Gasteiger partial charge in [0.05, 0.1) is 0 Å². The number of nitrogens with zero attached hydrogens (tertiary/aromatic N) is 3. The molecule has 0 atom stereocenters. The average Bonchev–Trinajstić information content (AvgIpc) is 2.66. The van der Waals surface area contributed by atoms with Gasteiger partial charge in [-0.05, 0) is 31.0 Å². The van der Waals surface area contributed by atoms with Crippen LogP contribution in [0.2, 0.25) is 0 Å². The summed E-state index contributed by atoms with van der Waals surface area (Å²) in [6, 6.07) is 7.34. The molecule has 0 unspecified atom stereocenters. The molecule has 3 N–H and O–H groups in total. The van der Waals surface area contributed by atoms with Crippen LogP contribution in [0.15, 0.2) is 41.5 Å². The molecule has 0 saturated heterocycles. The molecule has 0 radical (unpaired) electrons. The summed E-state index contributed by atoms with van der Waals surface area (Å²) >= 11 is 0. The highest BCUT2D eigenvalue weighted by Crippen LogP contribution is 2.27. The van der Waals surface area contributed by atoms with Gasteiger partial charge in [0, 0.05) is 32.4 Å². The Balaban J connectivity index is 0.00000420. The van der Waals surface area contributed by atoms with Crippen molar-refractivity contribution in [3.63, 3.8) is 0 Å². The van der Waals surface area contributed by atoms with Crippen LogP contribution in [0, 0.1) is 5.82 Å². The van der Waals surface area contributed by atoms with Gasteiger partial charge in [0.25, 0.3) is 0 Å². The van der Waals surface area contributed by atoms with Gasteiger partial charge in [0.1, 0.15) is 11.5 Å². The van der Waals surface area contributed by atoms with Crippen LogP contribution in [0.3, 0.4) is 0 Å². The molecule has 0 amide bonds. The van der Waals surface area contributed by atoms with Crippen molar-refractivity contribution >= 4 is 35.9 Å². The second-order valence-electron chi connectivity index (χ2n) is 5.72. The number of benzene rings is 1. The molecule has 6 nitrogen and oxygen atoms in total. The third kappa shape index (κ3) is 8.79. The zero-order valence-corrected chi connectivity index (χ0v) is 18.1. The van der Waals surface area contributed by atoms with Crippen molar-refractivity contribution in [2.24, 2.45) is 4.99 Å². The molecule has 0 saturated carbocycles. The van der Waals surface area contributed by atoms with E-state index >= 15 is 0 Å². The molecule has 2 rings (SSSR count). The molecule has 1 aromatic carbocycles. The van der Waals surface area contributed by atoms with Gasteiger partial charge in [0.15, 0.2) is 5.96 Å². The van der Waals surface area contributed by atoms with Gasteiger partial charge in [-0.3, -0.25) is 4.99 Å². The van der Waals surface area contributed by atoms with Gasteiger partial charge >= 0.3 is 6.18 Å². The first kappa shape index (κ1) is 24.9. The predicted octanol–water partition coefficient (Wildman–Crippen LogP) is 3.46. The van der Waals surface area contributed by atoms with Crippen molar-refractivity contribution in [3.05, 3.63) is 53.6 Å². The lowest BCUT2D eigenvalue weighted by atomic mass is 10.1. The summed E-state index contributed by atoms with van der Waals surface area (Å²) in [6.07, 6.45) is -3.00. The topological polar surface area (TPSA) is 74.2 Å². The van der Waals surface area contributed by atoms with E-state index in [0.717, 1.165) is 12.3 Å². The first-order valence-corrected chi connectivity index (χ1v) is 8.80. The van der Waals surface area contributed by atoms with E-state index in [1.165, 1.54) is 6.07 Å². The molecule has 160 valence electrons. The number of aliphatic imine (C=N–C) groups is 1. The molecule has 2 aromatic rings. The molecule has 0 fully saturated rings. The maximum absolute atomic E-state index is 13.6. The Morgan fingerprint density at radius 2 is 1.86 bits per heavy atom. The number of anilines is 1. The Morgan fingerprint density at radius 3 is 2.55 bits per heavy atom. The molecule has 1 aromatic heterocycles. The Hall–Kier alpha value is -2.18. The average molecular weight is 526 g/mol. The van der Waals surface area contributed by atoms with Crippen molar-refractivity contribution in [1.29, 1.82) is 0 Å². The van der Waals surface area contributed by atoms with Gasteiger partial charge < -0.3 is 16.0 Å². The van der Waals surface area contributed by atoms with Crippen LogP contribution < -0.4 is 16.0 Å². The van der Waals surface area contributed by atoms with Crippen LogP contribution in [-0.2, 0) is 12.6 Å². The maximum Gasteiger partial charge on any atom is 0.433 e. The smallest absolute Gasteiger partial charge is 0.357 e. The summed E-state index contributed by atoms with van der Waals surface area (Å²) in [6.45, 7) is 3.60. The van der Waals surface area contributed by atoms with Crippen molar-refractivity contribution < 1.29 is 17.6 Å². The van der Waals surface area contributed by atoms with Crippen LogP contribution in [0.4, 0.5) is 23.5 Å². The zero-order chi connectivity index (χ0) is 20.4. The Kier molecular flexibility index (Phi) is 10.6. The van der Waals surface area contributed by atoms with E-state index in [0.29, 0.717) is 44.1 Å². The molecule has 0 aliphatic heterocycles. The van der Waals surface area contributed by atoms with Crippen molar-refractivity contribution in [3.8, 4) is 0 Å². The lowest BCUT2D eigenvalue weighted by Crippen LogP contribution is -2.39. The lowest BCUT2D eigenvalue weighted by Gasteiger charge is -2.12. The Morgan fingerprint density at radius 1 is 1.10 bits per heavy atom. The predicted molar refractivity (Wildman–Crippen MR) is 115 cm³/mol. The number of nitrogens with one attached hydrogen (secondary N) is 3. The number of aromatic nitrogens is 2. The molecule has 0 aliphatic rings. The molecule has 1 heterocycles. The second kappa shape index (κ2) is 12.4. The van der Waals surface area contributed by atoms with Gasteiger partial charge in [-0.15, -0.1) is 24.0 Å². The summed E-state index contributed by atoms with van der Waals surface area (Å²) in [5, 5.41) is 8.82. The van der Waals surface area contributed by atoms with Gasteiger partial charge in [-0.2, -0.15) is 13.2 Å². The van der Waals surface area contributed by atoms with Crippen molar-refractivity contribution in [2.45, 2.75) is 19.5 Å². The summed E-state index contributed by atoms with van der Waals surface area (Å²) in [4.78, 5) is 11.6. The minimum absolute atomic E-state index is 0. The summed E-state index contributed by atoms with van der Waals surface area (Å²) < 4.78 is 51.5. The third-order valence-electron chi connectivity index (χ3n) is 3.60. The van der Waals surface area contributed by atoms with Crippen molar-refractivity contribution in [1.82, 2.24) is 20.6 Å². The molecular formula is C18H23F4IN6. The van der Waals surface area contributed by atoms with Crippen LogP contribution in [0.5, 0.6) is 0 Å². The molecule has 0 spiro atoms. The Labute approximate surface area is 183 Å². The number of hydrogen-bond acceptors (Lipinski definition) is 4. The summed E-state index contributed by atoms with van der Waals surface area (Å²) in [5.41, 5.74) is -0.411.